The Balaban J connectivity index is 1.74. The first-order chi connectivity index (χ1) is 12.8. The van der Waals surface area contributed by atoms with Crippen LogP contribution in [0.5, 0.6) is 11.5 Å². The molecule has 27 heavy (non-hydrogen) atoms. The maximum absolute atomic E-state index is 12.4. The standard InChI is InChI=1S/C20H17NO5S/c1-14-5-9-17(10-6-14)26-18-11-7-16(8-12-18)21-27(24,25)19-4-2-3-15(13-19)20(22)23/h2-13,21H,1H3,(H,22,23)/p-1. The zero-order valence-electron chi connectivity index (χ0n) is 14.4. The number of hydrogen-bond acceptors (Lipinski definition) is 5. The summed E-state index contributed by atoms with van der Waals surface area (Å²) < 4.78 is 33.0. The van der Waals surface area contributed by atoms with E-state index in [0.717, 1.165) is 11.6 Å². The zero-order chi connectivity index (χ0) is 19.4. The molecule has 0 aromatic heterocycles. The predicted molar refractivity (Wildman–Crippen MR) is 99.3 cm³/mol. The van der Waals surface area contributed by atoms with Crippen LogP contribution in [0.25, 0.3) is 0 Å². The summed E-state index contributed by atoms with van der Waals surface area (Å²) in [6.45, 7) is 1.98. The van der Waals surface area contributed by atoms with Crippen molar-refractivity contribution in [3.8, 4) is 11.5 Å². The Morgan fingerprint density at radius 1 is 0.926 bits per heavy atom. The number of carbonyl (C=O) groups is 1. The van der Waals surface area contributed by atoms with E-state index in [1.54, 1.807) is 24.3 Å². The normalized spacial score (nSPS) is 11.0. The molecular formula is C20H16NO5S-. The van der Waals surface area contributed by atoms with Gasteiger partial charge < -0.3 is 14.6 Å². The summed E-state index contributed by atoms with van der Waals surface area (Å²) in [5.74, 6) is -0.210. The highest BCUT2D eigenvalue weighted by atomic mass is 32.2. The molecule has 0 fully saturated rings. The highest BCUT2D eigenvalue weighted by Crippen LogP contribution is 2.24. The van der Waals surface area contributed by atoms with Crippen LogP contribution < -0.4 is 14.6 Å². The number of sulfonamides is 1. The van der Waals surface area contributed by atoms with Crippen LogP contribution in [0.3, 0.4) is 0 Å². The number of ether oxygens (including phenoxy) is 1. The number of rotatable bonds is 6. The van der Waals surface area contributed by atoms with Gasteiger partial charge in [-0.1, -0.05) is 29.8 Å². The molecule has 0 aliphatic rings. The third-order valence-electron chi connectivity index (χ3n) is 3.74. The summed E-state index contributed by atoms with van der Waals surface area (Å²) in [7, 11) is -3.93. The first kappa shape index (κ1) is 18.5. The van der Waals surface area contributed by atoms with Crippen LogP contribution in [0, 0.1) is 6.92 Å². The summed E-state index contributed by atoms with van der Waals surface area (Å²) in [5, 5.41) is 10.9. The van der Waals surface area contributed by atoms with Gasteiger partial charge in [-0.05, 0) is 61.0 Å². The van der Waals surface area contributed by atoms with Gasteiger partial charge in [0.15, 0.2) is 0 Å². The highest BCUT2D eigenvalue weighted by Gasteiger charge is 2.15. The minimum atomic E-state index is -3.93. The molecule has 0 aliphatic carbocycles. The Hall–Kier alpha value is -3.32. The molecule has 0 aliphatic heterocycles. The van der Waals surface area contributed by atoms with Gasteiger partial charge in [0.1, 0.15) is 11.5 Å². The van der Waals surface area contributed by atoms with Crippen molar-refractivity contribution in [1.29, 1.82) is 0 Å². The number of carboxylic acid groups (broad SMARTS) is 1. The molecule has 3 aromatic rings. The minimum Gasteiger partial charge on any atom is -0.545 e. The lowest BCUT2D eigenvalue weighted by Crippen LogP contribution is -2.23. The van der Waals surface area contributed by atoms with Gasteiger partial charge in [-0.2, -0.15) is 0 Å². The minimum absolute atomic E-state index is 0.163. The lowest BCUT2D eigenvalue weighted by atomic mass is 10.2. The smallest absolute Gasteiger partial charge is 0.261 e. The molecular weight excluding hydrogens is 366 g/mol. The molecule has 0 unspecified atom stereocenters. The van der Waals surface area contributed by atoms with Gasteiger partial charge in [-0.15, -0.1) is 0 Å². The molecule has 1 N–H and O–H groups in total. The molecule has 7 heteroatoms. The Morgan fingerprint density at radius 3 is 2.11 bits per heavy atom. The second-order valence-corrected chi connectivity index (χ2v) is 7.54. The van der Waals surface area contributed by atoms with E-state index in [9.17, 15) is 18.3 Å². The largest absolute Gasteiger partial charge is 0.545 e. The van der Waals surface area contributed by atoms with Crippen molar-refractivity contribution in [3.63, 3.8) is 0 Å². The van der Waals surface area contributed by atoms with Crippen LogP contribution in [0.2, 0.25) is 0 Å². The fourth-order valence-electron chi connectivity index (χ4n) is 2.34. The Bertz CT molecular complexity index is 1060. The molecule has 0 radical (unpaired) electrons. The van der Waals surface area contributed by atoms with Crippen molar-refractivity contribution < 1.29 is 23.1 Å². The van der Waals surface area contributed by atoms with E-state index < -0.39 is 16.0 Å². The molecule has 3 rings (SSSR count). The monoisotopic (exact) mass is 382 g/mol. The number of carbonyl (C=O) groups excluding carboxylic acids is 1. The van der Waals surface area contributed by atoms with E-state index in [2.05, 4.69) is 4.72 Å². The van der Waals surface area contributed by atoms with Crippen molar-refractivity contribution in [2.75, 3.05) is 4.72 Å². The SMILES string of the molecule is Cc1ccc(Oc2ccc(NS(=O)(=O)c3cccc(C(=O)[O-])c3)cc2)cc1. The van der Waals surface area contributed by atoms with Crippen LogP contribution in [0.15, 0.2) is 77.7 Å². The number of carboxylic acids is 1. The molecule has 0 atom stereocenters. The van der Waals surface area contributed by atoms with Gasteiger partial charge >= 0.3 is 0 Å². The van der Waals surface area contributed by atoms with Crippen LogP contribution in [0.4, 0.5) is 5.69 Å². The van der Waals surface area contributed by atoms with Gasteiger partial charge in [0.2, 0.25) is 0 Å². The molecule has 6 nitrogen and oxygen atoms in total. The molecule has 0 bridgehead atoms. The van der Waals surface area contributed by atoms with Gasteiger partial charge in [0.05, 0.1) is 10.9 Å². The fraction of sp³-hybridized carbons (Fsp3) is 0.0500. The van der Waals surface area contributed by atoms with E-state index in [1.165, 1.54) is 18.2 Å². The first-order valence-corrected chi connectivity index (χ1v) is 9.51. The lowest BCUT2D eigenvalue weighted by Gasteiger charge is -2.11. The molecule has 0 spiro atoms. The number of nitrogens with one attached hydrogen (secondary N) is 1. The van der Waals surface area contributed by atoms with E-state index in [4.69, 9.17) is 4.74 Å². The van der Waals surface area contributed by atoms with Crippen molar-refractivity contribution in [3.05, 3.63) is 83.9 Å². The van der Waals surface area contributed by atoms with Crippen molar-refractivity contribution in [1.82, 2.24) is 0 Å². The van der Waals surface area contributed by atoms with Crippen molar-refractivity contribution in [2.45, 2.75) is 11.8 Å². The zero-order valence-corrected chi connectivity index (χ0v) is 15.2. The summed E-state index contributed by atoms with van der Waals surface area (Å²) >= 11 is 0. The molecule has 3 aromatic carbocycles. The van der Waals surface area contributed by atoms with E-state index >= 15 is 0 Å². The summed E-state index contributed by atoms with van der Waals surface area (Å²) in [4.78, 5) is 10.7. The van der Waals surface area contributed by atoms with Crippen LogP contribution in [-0.4, -0.2) is 14.4 Å². The topological polar surface area (TPSA) is 95.5 Å². The number of benzene rings is 3. The molecule has 0 saturated carbocycles. The average molecular weight is 382 g/mol. The Morgan fingerprint density at radius 2 is 1.52 bits per heavy atom. The van der Waals surface area contributed by atoms with Crippen LogP contribution >= 0.6 is 0 Å². The molecule has 138 valence electrons. The van der Waals surface area contributed by atoms with Gasteiger partial charge in [-0.25, -0.2) is 8.42 Å². The molecule has 0 amide bonds. The van der Waals surface area contributed by atoms with Gasteiger partial charge in [-0.3, -0.25) is 4.72 Å². The quantitative estimate of drug-likeness (QED) is 0.707. The second kappa shape index (κ2) is 7.51. The summed E-state index contributed by atoms with van der Waals surface area (Å²) in [5.41, 5.74) is 1.24. The first-order valence-electron chi connectivity index (χ1n) is 8.02. The van der Waals surface area contributed by atoms with Crippen LogP contribution in [0.1, 0.15) is 15.9 Å². The van der Waals surface area contributed by atoms with E-state index in [0.29, 0.717) is 17.2 Å². The summed E-state index contributed by atoms with van der Waals surface area (Å²) in [6, 6.07) is 18.9. The maximum atomic E-state index is 12.4. The maximum Gasteiger partial charge on any atom is 0.261 e. The molecule has 0 saturated heterocycles. The Kier molecular flexibility index (Phi) is 5.14. The van der Waals surface area contributed by atoms with E-state index in [-0.39, 0.29) is 10.5 Å². The van der Waals surface area contributed by atoms with Gasteiger partial charge in [0, 0.05) is 5.69 Å². The Labute approximate surface area is 157 Å². The predicted octanol–water partition coefficient (Wildman–Crippen LogP) is 2.95. The third kappa shape index (κ3) is 4.65. The number of aryl methyl sites for hydroxylation is 1. The number of anilines is 1. The second-order valence-electron chi connectivity index (χ2n) is 5.86. The average Bonchev–Trinajstić information content (AvgIpc) is 2.65. The number of hydrogen-bond donors (Lipinski definition) is 1. The highest BCUT2D eigenvalue weighted by molar-refractivity contribution is 7.92. The van der Waals surface area contributed by atoms with Crippen molar-refractivity contribution in [2.24, 2.45) is 0 Å². The summed E-state index contributed by atoms with van der Waals surface area (Å²) in [6.07, 6.45) is 0. The fourth-order valence-corrected chi connectivity index (χ4v) is 3.44. The lowest BCUT2D eigenvalue weighted by molar-refractivity contribution is -0.255. The number of aromatic carboxylic acids is 1. The van der Waals surface area contributed by atoms with Crippen LogP contribution in [-0.2, 0) is 10.0 Å². The third-order valence-corrected chi connectivity index (χ3v) is 5.12. The van der Waals surface area contributed by atoms with Gasteiger partial charge in [0.25, 0.3) is 10.0 Å². The molecule has 0 heterocycles. The van der Waals surface area contributed by atoms with Crippen molar-refractivity contribution >= 4 is 21.7 Å². The van der Waals surface area contributed by atoms with E-state index in [1.807, 2.05) is 31.2 Å².